The van der Waals surface area contributed by atoms with E-state index in [4.69, 9.17) is 5.73 Å². The highest BCUT2D eigenvalue weighted by Gasteiger charge is 2.34. The first-order valence-electron chi connectivity index (χ1n) is 10.5. The van der Waals surface area contributed by atoms with E-state index in [-0.39, 0.29) is 18.3 Å². The van der Waals surface area contributed by atoms with Crippen molar-refractivity contribution in [1.82, 2.24) is 16.0 Å². The van der Waals surface area contributed by atoms with E-state index in [1.807, 2.05) is 13.8 Å². The molecule has 0 aromatic rings. The number of aliphatic hydroxyl groups excluding tert-OH is 2. The minimum atomic E-state index is -1.43. The number of carbonyl (C=O) groups is 4. The monoisotopic (exact) mass is 446 g/mol. The van der Waals surface area contributed by atoms with Gasteiger partial charge < -0.3 is 37.0 Å². The molecule has 0 aliphatic heterocycles. The number of rotatable bonds is 13. The Balaban J connectivity index is 5.48. The molecule has 0 aromatic heterocycles. The Hall–Kier alpha value is -2.24. The third-order valence-corrected chi connectivity index (χ3v) is 5.00. The molecule has 0 spiro atoms. The highest BCUT2D eigenvalue weighted by Crippen LogP contribution is 2.10. The lowest BCUT2D eigenvalue weighted by Gasteiger charge is -2.28. The van der Waals surface area contributed by atoms with E-state index in [0.717, 1.165) is 0 Å². The van der Waals surface area contributed by atoms with Crippen LogP contribution in [0.1, 0.15) is 54.4 Å². The summed E-state index contributed by atoms with van der Waals surface area (Å²) >= 11 is 0. The number of amides is 3. The fourth-order valence-electron chi connectivity index (χ4n) is 2.78. The average Bonchev–Trinajstić information content (AvgIpc) is 2.66. The normalized spacial score (nSPS) is 18.1. The van der Waals surface area contributed by atoms with Crippen LogP contribution in [-0.4, -0.2) is 75.4 Å². The van der Waals surface area contributed by atoms with Gasteiger partial charge in [-0.3, -0.25) is 14.4 Å². The zero-order valence-corrected chi connectivity index (χ0v) is 19.1. The fraction of sp³-hybridized carbons (Fsp3) is 0.800. The predicted molar refractivity (Wildman–Crippen MR) is 114 cm³/mol. The highest BCUT2D eigenvalue weighted by molar-refractivity contribution is 5.94. The van der Waals surface area contributed by atoms with E-state index in [2.05, 4.69) is 16.0 Å². The Morgan fingerprint density at radius 3 is 1.71 bits per heavy atom. The Kier molecular flexibility index (Phi) is 12.3. The number of carboxylic acids is 1. The predicted octanol–water partition coefficient (Wildman–Crippen LogP) is -1.29. The molecule has 0 saturated carbocycles. The van der Waals surface area contributed by atoms with E-state index in [0.29, 0.717) is 6.42 Å². The largest absolute Gasteiger partial charge is 0.480 e. The smallest absolute Gasteiger partial charge is 0.326 e. The maximum atomic E-state index is 12.8. The van der Waals surface area contributed by atoms with Gasteiger partial charge in [0.15, 0.2) is 0 Å². The van der Waals surface area contributed by atoms with Crippen molar-refractivity contribution < 1.29 is 34.5 Å². The molecular formula is C20H38N4O7. The molecule has 11 heteroatoms. The molecular weight excluding hydrogens is 408 g/mol. The lowest BCUT2D eigenvalue weighted by atomic mass is 9.98. The van der Waals surface area contributed by atoms with E-state index in [9.17, 15) is 34.5 Å². The molecule has 31 heavy (non-hydrogen) atoms. The summed E-state index contributed by atoms with van der Waals surface area (Å²) in [5.74, 6) is -3.95. The SMILES string of the molecule is CCC(C)C(NC(=O)C(NC(=O)C(CC(C)C)NC(=O)C(N)C(C)O)C(C)O)C(=O)O. The number of carboxylic acid groups (broad SMARTS) is 1. The first-order valence-corrected chi connectivity index (χ1v) is 10.5. The maximum Gasteiger partial charge on any atom is 0.326 e. The Morgan fingerprint density at radius 1 is 0.806 bits per heavy atom. The summed E-state index contributed by atoms with van der Waals surface area (Å²) in [7, 11) is 0. The summed E-state index contributed by atoms with van der Waals surface area (Å²) in [5.41, 5.74) is 5.61. The molecule has 0 saturated heterocycles. The fourth-order valence-corrected chi connectivity index (χ4v) is 2.78. The van der Waals surface area contributed by atoms with E-state index < -0.39 is 60.1 Å². The van der Waals surface area contributed by atoms with Crippen LogP contribution in [0, 0.1) is 11.8 Å². The third kappa shape index (κ3) is 9.62. The molecule has 0 rings (SSSR count). The molecule has 0 aliphatic rings. The van der Waals surface area contributed by atoms with Gasteiger partial charge in [-0.05, 0) is 32.1 Å². The zero-order chi connectivity index (χ0) is 24.5. The van der Waals surface area contributed by atoms with Gasteiger partial charge in [-0.25, -0.2) is 4.79 Å². The number of nitrogens with one attached hydrogen (secondary N) is 3. The topological polar surface area (TPSA) is 191 Å². The van der Waals surface area contributed by atoms with Gasteiger partial charge in [0.05, 0.1) is 12.2 Å². The van der Waals surface area contributed by atoms with Gasteiger partial charge >= 0.3 is 5.97 Å². The second-order valence-electron chi connectivity index (χ2n) is 8.39. The van der Waals surface area contributed by atoms with Crippen LogP contribution < -0.4 is 21.7 Å². The van der Waals surface area contributed by atoms with Crippen LogP contribution in [0.2, 0.25) is 0 Å². The molecule has 0 heterocycles. The van der Waals surface area contributed by atoms with Gasteiger partial charge in [0, 0.05) is 0 Å². The molecule has 0 aliphatic carbocycles. The van der Waals surface area contributed by atoms with Gasteiger partial charge in [0.1, 0.15) is 24.2 Å². The average molecular weight is 447 g/mol. The molecule has 8 N–H and O–H groups in total. The summed E-state index contributed by atoms with van der Waals surface area (Å²) < 4.78 is 0. The summed E-state index contributed by atoms with van der Waals surface area (Å²) in [5, 5.41) is 36.1. The van der Waals surface area contributed by atoms with Crippen molar-refractivity contribution in [3.8, 4) is 0 Å². The second-order valence-corrected chi connectivity index (χ2v) is 8.39. The summed E-state index contributed by atoms with van der Waals surface area (Å²) in [6.07, 6.45) is -1.75. The van der Waals surface area contributed by atoms with Crippen LogP contribution in [0.3, 0.4) is 0 Å². The molecule has 3 amide bonds. The molecule has 0 radical (unpaired) electrons. The van der Waals surface area contributed by atoms with Crippen LogP contribution in [0.5, 0.6) is 0 Å². The van der Waals surface area contributed by atoms with Crippen molar-refractivity contribution in [2.24, 2.45) is 17.6 Å². The van der Waals surface area contributed by atoms with E-state index >= 15 is 0 Å². The van der Waals surface area contributed by atoms with Gasteiger partial charge in [0.25, 0.3) is 0 Å². The van der Waals surface area contributed by atoms with Gasteiger partial charge in [0.2, 0.25) is 17.7 Å². The quantitative estimate of drug-likeness (QED) is 0.182. The first kappa shape index (κ1) is 28.8. The minimum Gasteiger partial charge on any atom is -0.480 e. The maximum absolute atomic E-state index is 12.8. The number of aliphatic hydroxyl groups is 2. The lowest BCUT2D eigenvalue weighted by Crippen LogP contribution is -2.61. The number of nitrogens with two attached hydrogens (primary N) is 1. The van der Waals surface area contributed by atoms with Crippen molar-refractivity contribution in [2.45, 2.75) is 90.8 Å². The second kappa shape index (κ2) is 13.2. The van der Waals surface area contributed by atoms with Crippen molar-refractivity contribution in [3.63, 3.8) is 0 Å². The van der Waals surface area contributed by atoms with E-state index in [1.165, 1.54) is 13.8 Å². The van der Waals surface area contributed by atoms with Gasteiger partial charge in [-0.2, -0.15) is 0 Å². The standard InChI is InChI=1S/C20H38N4O7/c1-7-10(4)15(20(30)31)23-19(29)16(12(6)26)24-17(27)13(8-9(2)3)22-18(28)14(21)11(5)25/h9-16,25-26H,7-8,21H2,1-6H3,(H,22,28)(H,23,29)(H,24,27)(H,30,31). The minimum absolute atomic E-state index is 0.0144. The van der Waals surface area contributed by atoms with Gasteiger partial charge in [-0.1, -0.05) is 34.1 Å². The Morgan fingerprint density at radius 2 is 1.32 bits per heavy atom. The van der Waals surface area contributed by atoms with Crippen molar-refractivity contribution in [3.05, 3.63) is 0 Å². The summed E-state index contributed by atoms with van der Waals surface area (Å²) in [6, 6.07) is -4.94. The van der Waals surface area contributed by atoms with Gasteiger partial charge in [-0.15, -0.1) is 0 Å². The molecule has 0 bridgehead atoms. The number of hydrogen-bond acceptors (Lipinski definition) is 7. The summed E-state index contributed by atoms with van der Waals surface area (Å²) in [4.78, 5) is 49.1. The molecule has 11 nitrogen and oxygen atoms in total. The molecule has 0 aromatic carbocycles. The van der Waals surface area contributed by atoms with Crippen LogP contribution in [0.25, 0.3) is 0 Å². The Bertz CT molecular complexity index is 625. The van der Waals surface area contributed by atoms with E-state index in [1.54, 1.807) is 13.8 Å². The third-order valence-electron chi connectivity index (χ3n) is 5.00. The lowest BCUT2D eigenvalue weighted by molar-refractivity contribution is -0.144. The number of carbonyl (C=O) groups excluding carboxylic acids is 3. The zero-order valence-electron chi connectivity index (χ0n) is 19.1. The van der Waals surface area contributed by atoms with Crippen LogP contribution in [0.4, 0.5) is 0 Å². The van der Waals surface area contributed by atoms with Crippen molar-refractivity contribution in [1.29, 1.82) is 0 Å². The van der Waals surface area contributed by atoms with Crippen molar-refractivity contribution >= 4 is 23.7 Å². The van der Waals surface area contributed by atoms with Crippen LogP contribution >= 0.6 is 0 Å². The molecule has 0 fully saturated rings. The van der Waals surface area contributed by atoms with Crippen LogP contribution in [0.15, 0.2) is 0 Å². The van der Waals surface area contributed by atoms with Crippen molar-refractivity contribution in [2.75, 3.05) is 0 Å². The number of aliphatic carboxylic acids is 1. The Labute approximate surface area is 183 Å². The molecule has 7 atom stereocenters. The molecule has 7 unspecified atom stereocenters. The first-order chi connectivity index (χ1) is 14.2. The summed E-state index contributed by atoms with van der Waals surface area (Å²) in [6.45, 7) is 9.70. The number of hydrogen-bond donors (Lipinski definition) is 7. The highest BCUT2D eigenvalue weighted by atomic mass is 16.4. The molecule has 180 valence electrons. The van der Waals surface area contributed by atoms with Crippen LogP contribution in [-0.2, 0) is 19.2 Å².